The molecule has 0 N–H and O–H groups in total. The van der Waals surface area contributed by atoms with E-state index in [1.807, 2.05) is 12.1 Å². The normalized spacial score (nSPS) is 22.0. The maximum Gasteiger partial charge on any atom is 0.159 e. The Labute approximate surface area is 162 Å². The highest BCUT2D eigenvalue weighted by Crippen LogP contribution is 2.32. The Morgan fingerprint density at radius 1 is 0.720 bits per heavy atom. The van der Waals surface area contributed by atoms with E-state index in [9.17, 15) is 4.79 Å². The van der Waals surface area contributed by atoms with Crippen LogP contribution in [0.5, 0.6) is 0 Å². The molecule has 138 valence electrons. The summed E-state index contributed by atoms with van der Waals surface area (Å²) in [4.78, 5) is 11.5. The summed E-state index contributed by atoms with van der Waals surface area (Å²) in [6, 6.07) is 8.20. The highest BCUT2D eigenvalue weighted by molar-refractivity contribution is 9.11. The first-order valence-electron chi connectivity index (χ1n) is 10.2. The number of halogens is 1. The summed E-state index contributed by atoms with van der Waals surface area (Å²) in [5.74, 6) is 0.140. The van der Waals surface area contributed by atoms with Gasteiger partial charge in [0.25, 0.3) is 0 Å². The molecule has 0 heterocycles. The molecule has 0 saturated carbocycles. The zero-order chi connectivity index (χ0) is 17.9. The van der Waals surface area contributed by atoms with Gasteiger partial charge in [0, 0.05) is 5.56 Å². The number of Topliss-reactive ketones (excluding diaryl/α,β-unsaturated/α-hetero) is 1. The molecule has 0 aromatic heterocycles. The number of benzene rings is 1. The standard InChI is InChI=1S/C23H33BrO/c1-19(25)20-15-17-21(18-16-20)22-13-11-9-7-5-3-2-4-6-8-10-12-14-23(22)24/h15-18H,2-14H2,1H3/b23-22-. The minimum absolute atomic E-state index is 0.140. The quantitative estimate of drug-likeness (QED) is 0.455. The molecule has 0 bridgehead atoms. The van der Waals surface area contributed by atoms with Crippen LogP contribution >= 0.6 is 15.9 Å². The van der Waals surface area contributed by atoms with Gasteiger partial charge in [0.1, 0.15) is 0 Å². The Bertz CT molecular complexity index is 556. The van der Waals surface area contributed by atoms with Gasteiger partial charge in [-0.1, -0.05) is 98.0 Å². The van der Waals surface area contributed by atoms with Crippen LogP contribution in [0.1, 0.15) is 106 Å². The SMILES string of the molecule is CC(=O)c1ccc(/C2=C(\Br)CCCCCCCCCCCCC2)cc1. The van der Waals surface area contributed by atoms with E-state index in [0.29, 0.717) is 0 Å². The van der Waals surface area contributed by atoms with E-state index in [1.165, 1.54) is 86.2 Å². The number of hydrogen-bond donors (Lipinski definition) is 0. The van der Waals surface area contributed by atoms with Gasteiger partial charge in [-0.25, -0.2) is 0 Å². The van der Waals surface area contributed by atoms with Gasteiger partial charge >= 0.3 is 0 Å². The van der Waals surface area contributed by atoms with E-state index in [1.54, 1.807) is 6.92 Å². The average Bonchev–Trinajstić information content (AvgIpc) is 2.62. The highest BCUT2D eigenvalue weighted by atomic mass is 79.9. The van der Waals surface area contributed by atoms with Crippen molar-refractivity contribution in [3.8, 4) is 0 Å². The van der Waals surface area contributed by atoms with Crippen LogP contribution in [0, 0.1) is 0 Å². The number of allylic oxidation sites excluding steroid dienone is 2. The van der Waals surface area contributed by atoms with Crippen LogP contribution in [0.4, 0.5) is 0 Å². The molecule has 1 aliphatic carbocycles. The molecule has 0 fully saturated rings. The van der Waals surface area contributed by atoms with Crippen molar-refractivity contribution in [2.45, 2.75) is 90.4 Å². The maximum absolute atomic E-state index is 11.5. The Balaban J connectivity index is 2.09. The fourth-order valence-corrected chi connectivity index (χ4v) is 4.37. The van der Waals surface area contributed by atoms with Crippen LogP contribution in [0.2, 0.25) is 0 Å². The predicted molar refractivity (Wildman–Crippen MR) is 112 cm³/mol. The Kier molecular flexibility index (Phi) is 9.54. The van der Waals surface area contributed by atoms with Crippen molar-refractivity contribution in [2.24, 2.45) is 0 Å². The third kappa shape index (κ3) is 7.48. The molecule has 2 rings (SSSR count). The fourth-order valence-electron chi connectivity index (χ4n) is 3.67. The van der Waals surface area contributed by atoms with Gasteiger partial charge in [-0.05, 0) is 48.2 Å². The molecule has 0 atom stereocenters. The first kappa shape index (κ1) is 20.4. The van der Waals surface area contributed by atoms with E-state index < -0.39 is 0 Å². The number of hydrogen-bond acceptors (Lipinski definition) is 1. The van der Waals surface area contributed by atoms with Gasteiger partial charge in [-0.3, -0.25) is 4.79 Å². The van der Waals surface area contributed by atoms with Gasteiger partial charge in [0.2, 0.25) is 0 Å². The third-order valence-corrected chi connectivity index (χ3v) is 6.17. The topological polar surface area (TPSA) is 17.1 Å². The smallest absolute Gasteiger partial charge is 0.159 e. The maximum atomic E-state index is 11.5. The highest BCUT2D eigenvalue weighted by Gasteiger charge is 2.09. The van der Waals surface area contributed by atoms with E-state index in [2.05, 4.69) is 28.1 Å². The van der Waals surface area contributed by atoms with E-state index >= 15 is 0 Å². The molecule has 0 aliphatic heterocycles. The van der Waals surface area contributed by atoms with Gasteiger partial charge in [-0.2, -0.15) is 0 Å². The lowest BCUT2D eigenvalue weighted by Crippen LogP contribution is -1.94. The monoisotopic (exact) mass is 404 g/mol. The Hall–Kier alpha value is -0.890. The summed E-state index contributed by atoms with van der Waals surface area (Å²) < 4.78 is 1.37. The summed E-state index contributed by atoms with van der Waals surface area (Å²) in [5.41, 5.74) is 3.53. The molecule has 1 aliphatic rings. The van der Waals surface area contributed by atoms with E-state index in [0.717, 1.165) is 18.4 Å². The number of ketones is 1. The van der Waals surface area contributed by atoms with Gasteiger partial charge < -0.3 is 0 Å². The van der Waals surface area contributed by atoms with Crippen molar-refractivity contribution in [3.63, 3.8) is 0 Å². The van der Waals surface area contributed by atoms with E-state index in [4.69, 9.17) is 0 Å². The summed E-state index contributed by atoms with van der Waals surface area (Å²) in [7, 11) is 0. The zero-order valence-corrected chi connectivity index (χ0v) is 17.4. The molecule has 25 heavy (non-hydrogen) atoms. The van der Waals surface area contributed by atoms with Crippen molar-refractivity contribution in [1.82, 2.24) is 0 Å². The summed E-state index contributed by atoms with van der Waals surface area (Å²) in [5, 5.41) is 0. The molecule has 0 unspecified atom stereocenters. The lowest BCUT2D eigenvalue weighted by Gasteiger charge is -2.13. The second-order valence-corrected chi connectivity index (χ2v) is 8.36. The van der Waals surface area contributed by atoms with Crippen LogP contribution in [0.3, 0.4) is 0 Å². The molecule has 0 spiro atoms. The van der Waals surface area contributed by atoms with Crippen LogP contribution in [-0.2, 0) is 0 Å². The lowest BCUT2D eigenvalue weighted by molar-refractivity contribution is 0.101. The van der Waals surface area contributed by atoms with Crippen molar-refractivity contribution < 1.29 is 4.79 Å². The molecule has 0 amide bonds. The molecule has 1 aromatic carbocycles. The molecular weight excluding hydrogens is 372 g/mol. The zero-order valence-electron chi connectivity index (χ0n) is 15.8. The molecule has 1 nitrogen and oxygen atoms in total. The van der Waals surface area contributed by atoms with Gasteiger partial charge in [0.05, 0.1) is 0 Å². The Morgan fingerprint density at radius 3 is 1.64 bits per heavy atom. The number of carbonyl (C=O) groups is 1. The van der Waals surface area contributed by atoms with Crippen molar-refractivity contribution in [3.05, 3.63) is 39.9 Å². The predicted octanol–water partition coefficient (Wildman–Crippen LogP) is 8.08. The van der Waals surface area contributed by atoms with Crippen LogP contribution in [0.15, 0.2) is 28.7 Å². The second kappa shape index (κ2) is 11.7. The van der Waals surface area contributed by atoms with Crippen molar-refractivity contribution in [1.29, 1.82) is 0 Å². The number of carbonyl (C=O) groups excluding carboxylic acids is 1. The largest absolute Gasteiger partial charge is 0.295 e. The third-order valence-electron chi connectivity index (χ3n) is 5.29. The van der Waals surface area contributed by atoms with Crippen LogP contribution in [0.25, 0.3) is 5.57 Å². The van der Waals surface area contributed by atoms with Crippen LogP contribution in [-0.4, -0.2) is 5.78 Å². The molecule has 0 saturated heterocycles. The second-order valence-electron chi connectivity index (χ2n) is 7.41. The number of rotatable bonds is 2. The fraction of sp³-hybridized carbons (Fsp3) is 0.609. The lowest BCUT2D eigenvalue weighted by atomic mass is 9.96. The van der Waals surface area contributed by atoms with Gasteiger partial charge in [-0.15, -0.1) is 0 Å². The summed E-state index contributed by atoms with van der Waals surface area (Å²) in [6.07, 6.45) is 17.3. The summed E-state index contributed by atoms with van der Waals surface area (Å²) in [6.45, 7) is 1.63. The first-order chi connectivity index (χ1) is 12.2. The van der Waals surface area contributed by atoms with Crippen molar-refractivity contribution >= 4 is 27.3 Å². The molecule has 2 heteroatoms. The van der Waals surface area contributed by atoms with Gasteiger partial charge in [0.15, 0.2) is 5.78 Å². The molecular formula is C23H33BrO. The summed E-state index contributed by atoms with van der Waals surface area (Å²) >= 11 is 3.89. The Morgan fingerprint density at radius 2 is 1.16 bits per heavy atom. The van der Waals surface area contributed by atoms with Crippen molar-refractivity contribution in [2.75, 3.05) is 0 Å². The average molecular weight is 405 g/mol. The minimum atomic E-state index is 0.140. The minimum Gasteiger partial charge on any atom is -0.295 e. The van der Waals surface area contributed by atoms with Crippen LogP contribution < -0.4 is 0 Å². The first-order valence-corrected chi connectivity index (χ1v) is 11.0. The molecule has 0 radical (unpaired) electrons. The molecule has 1 aromatic rings. The van der Waals surface area contributed by atoms with E-state index in [-0.39, 0.29) is 5.78 Å².